The molecular weight excluding hydrogens is 346 g/mol. The van der Waals surface area contributed by atoms with Gasteiger partial charge in [0.1, 0.15) is 0 Å². The van der Waals surface area contributed by atoms with Crippen LogP contribution in [0, 0.1) is 5.92 Å². The molecule has 118 valence electrons. The first-order valence-corrected chi connectivity index (χ1v) is 8.49. The minimum absolute atomic E-state index is 0.0436. The van der Waals surface area contributed by atoms with Crippen LogP contribution in [0.2, 0.25) is 0 Å². The molecule has 2 amide bonds. The summed E-state index contributed by atoms with van der Waals surface area (Å²) in [4.78, 5) is 28.5. The van der Waals surface area contributed by atoms with Gasteiger partial charge in [-0.25, -0.2) is 0 Å². The molecule has 0 aromatic heterocycles. The molecule has 2 saturated heterocycles. The topological polar surface area (TPSA) is 52.7 Å². The number of amides is 2. The third kappa shape index (κ3) is 3.33. The Labute approximate surface area is 138 Å². The van der Waals surface area contributed by atoms with Crippen LogP contribution in [0.5, 0.6) is 0 Å². The Kier molecular flexibility index (Phi) is 4.78. The number of benzene rings is 1. The van der Waals surface area contributed by atoms with E-state index in [9.17, 15) is 9.59 Å². The first-order valence-electron chi connectivity index (χ1n) is 7.69. The number of hydrogen-bond donors (Lipinski definition) is 1. The van der Waals surface area contributed by atoms with Crippen molar-refractivity contribution in [2.45, 2.75) is 6.42 Å². The van der Waals surface area contributed by atoms with Crippen molar-refractivity contribution in [3.63, 3.8) is 0 Å². The van der Waals surface area contributed by atoms with E-state index in [1.807, 2.05) is 34.1 Å². The summed E-state index contributed by atoms with van der Waals surface area (Å²) in [5.74, 6) is 0.400. The molecular formula is C16H20BrN3O2. The first kappa shape index (κ1) is 15.5. The van der Waals surface area contributed by atoms with Gasteiger partial charge in [-0.1, -0.05) is 15.9 Å². The Bertz CT molecular complexity index is 547. The monoisotopic (exact) mass is 365 g/mol. The SMILES string of the molecule is O=C(c1ccc(Br)cc1)N1CCN(C(=O)C2CCNC2)CC1. The summed E-state index contributed by atoms with van der Waals surface area (Å²) >= 11 is 3.37. The van der Waals surface area contributed by atoms with E-state index >= 15 is 0 Å². The Morgan fingerprint density at radius 1 is 1.05 bits per heavy atom. The van der Waals surface area contributed by atoms with Crippen molar-refractivity contribution in [1.82, 2.24) is 15.1 Å². The number of nitrogens with zero attached hydrogens (tertiary/aromatic N) is 2. The van der Waals surface area contributed by atoms with E-state index in [1.54, 1.807) is 0 Å². The smallest absolute Gasteiger partial charge is 0.253 e. The second kappa shape index (κ2) is 6.79. The third-order valence-corrected chi connectivity index (χ3v) is 4.91. The highest BCUT2D eigenvalue weighted by Gasteiger charge is 2.30. The maximum Gasteiger partial charge on any atom is 0.253 e. The van der Waals surface area contributed by atoms with E-state index in [1.165, 1.54) is 0 Å². The normalized spacial score (nSPS) is 22.0. The second-order valence-corrected chi connectivity index (χ2v) is 6.73. The molecule has 1 N–H and O–H groups in total. The molecule has 1 aromatic carbocycles. The molecule has 3 rings (SSSR count). The van der Waals surface area contributed by atoms with E-state index in [4.69, 9.17) is 0 Å². The van der Waals surface area contributed by atoms with Crippen LogP contribution in [-0.4, -0.2) is 60.9 Å². The first-order chi connectivity index (χ1) is 10.6. The van der Waals surface area contributed by atoms with Crippen molar-refractivity contribution >= 4 is 27.7 Å². The highest BCUT2D eigenvalue weighted by Crippen LogP contribution is 2.16. The van der Waals surface area contributed by atoms with E-state index in [0.29, 0.717) is 31.7 Å². The molecule has 2 aliphatic rings. The van der Waals surface area contributed by atoms with Gasteiger partial charge < -0.3 is 15.1 Å². The molecule has 1 unspecified atom stereocenters. The predicted molar refractivity (Wildman–Crippen MR) is 87.6 cm³/mol. The molecule has 5 nitrogen and oxygen atoms in total. The molecule has 0 bridgehead atoms. The number of hydrogen-bond acceptors (Lipinski definition) is 3. The number of carbonyl (C=O) groups is 2. The van der Waals surface area contributed by atoms with Crippen molar-refractivity contribution < 1.29 is 9.59 Å². The molecule has 0 radical (unpaired) electrons. The highest BCUT2D eigenvalue weighted by atomic mass is 79.9. The fourth-order valence-electron chi connectivity index (χ4n) is 3.03. The van der Waals surface area contributed by atoms with Gasteiger partial charge in [-0.3, -0.25) is 9.59 Å². The van der Waals surface area contributed by atoms with Gasteiger partial charge >= 0.3 is 0 Å². The van der Waals surface area contributed by atoms with Crippen LogP contribution < -0.4 is 5.32 Å². The van der Waals surface area contributed by atoms with Crippen LogP contribution in [0.1, 0.15) is 16.8 Å². The summed E-state index contributed by atoms with van der Waals surface area (Å²) in [6.07, 6.45) is 0.927. The van der Waals surface area contributed by atoms with Crippen molar-refractivity contribution in [3.8, 4) is 0 Å². The van der Waals surface area contributed by atoms with Crippen LogP contribution in [0.4, 0.5) is 0 Å². The molecule has 0 saturated carbocycles. The van der Waals surface area contributed by atoms with Gasteiger partial charge in [-0.2, -0.15) is 0 Å². The second-order valence-electron chi connectivity index (χ2n) is 5.81. The Morgan fingerprint density at radius 2 is 1.68 bits per heavy atom. The van der Waals surface area contributed by atoms with Crippen LogP contribution in [-0.2, 0) is 4.79 Å². The van der Waals surface area contributed by atoms with Gasteiger partial charge in [0.2, 0.25) is 5.91 Å². The van der Waals surface area contributed by atoms with Gasteiger partial charge in [0.05, 0.1) is 5.92 Å². The summed E-state index contributed by atoms with van der Waals surface area (Å²) in [7, 11) is 0. The zero-order chi connectivity index (χ0) is 15.5. The van der Waals surface area contributed by atoms with Crippen molar-refractivity contribution in [2.24, 2.45) is 5.92 Å². The minimum Gasteiger partial charge on any atom is -0.339 e. The van der Waals surface area contributed by atoms with Gasteiger partial charge in [-0.15, -0.1) is 0 Å². The molecule has 6 heteroatoms. The molecule has 0 spiro atoms. The standard InChI is InChI=1S/C16H20BrN3O2/c17-14-3-1-12(2-4-14)15(21)19-7-9-20(10-8-19)16(22)13-5-6-18-11-13/h1-4,13,18H,5-11H2. The van der Waals surface area contributed by atoms with Crippen LogP contribution in [0.25, 0.3) is 0 Å². The van der Waals surface area contributed by atoms with E-state index in [0.717, 1.165) is 24.0 Å². The molecule has 22 heavy (non-hydrogen) atoms. The Morgan fingerprint density at radius 3 is 2.27 bits per heavy atom. The summed E-state index contributed by atoms with van der Waals surface area (Å²) < 4.78 is 0.963. The molecule has 1 atom stereocenters. The van der Waals surface area contributed by atoms with Crippen molar-refractivity contribution in [3.05, 3.63) is 34.3 Å². The average Bonchev–Trinajstić information content (AvgIpc) is 3.09. The highest BCUT2D eigenvalue weighted by molar-refractivity contribution is 9.10. The van der Waals surface area contributed by atoms with E-state index < -0.39 is 0 Å². The number of halogens is 1. The van der Waals surface area contributed by atoms with Gasteiger partial charge in [0.15, 0.2) is 0 Å². The predicted octanol–water partition coefficient (Wildman–Crippen LogP) is 1.34. The zero-order valence-electron chi connectivity index (χ0n) is 12.4. The Hall–Kier alpha value is -1.40. The Balaban J connectivity index is 1.56. The zero-order valence-corrected chi connectivity index (χ0v) is 14.0. The van der Waals surface area contributed by atoms with Gasteiger partial charge in [-0.05, 0) is 37.2 Å². The lowest BCUT2D eigenvalue weighted by molar-refractivity contribution is -0.136. The fraction of sp³-hybridized carbons (Fsp3) is 0.500. The lowest BCUT2D eigenvalue weighted by Gasteiger charge is -2.36. The van der Waals surface area contributed by atoms with Crippen molar-refractivity contribution in [1.29, 1.82) is 0 Å². The van der Waals surface area contributed by atoms with Crippen molar-refractivity contribution in [2.75, 3.05) is 39.3 Å². The van der Waals surface area contributed by atoms with Crippen LogP contribution in [0.3, 0.4) is 0 Å². The number of rotatable bonds is 2. The van der Waals surface area contributed by atoms with Gasteiger partial charge in [0, 0.05) is 42.8 Å². The van der Waals surface area contributed by atoms with Crippen LogP contribution in [0.15, 0.2) is 28.7 Å². The quantitative estimate of drug-likeness (QED) is 0.860. The summed E-state index contributed by atoms with van der Waals surface area (Å²) in [5.41, 5.74) is 0.697. The number of nitrogens with one attached hydrogen (secondary N) is 1. The number of piperazine rings is 1. The lowest BCUT2D eigenvalue weighted by atomic mass is 10.1. The van der Waals surface area contributed by atoms with E-state index in [-0.39, 0.29) is 17.7 Å². The molecule has 0 aliphatic carbocycles. The van der Waals surface area contributed by atoms with Gasteiger partial charge in [0.25, 0.3) is 5.91 Å². The molecule has 1 aromatic rings. The lowest BCUT2D eigenvalue weighted by Crippen LogP contribution is -2.52. The summed E-state index contributed by atoms with van der Waals surface area (Å²) in [6, 6.07) is 7.41. The fourth-order valence-corrected chi connectivity index (χ4v) is 3.29. The van der Waals surface area contributed by atoms with Crippen LogP contribution >= 0.6 is 15.9 Å². The molecule has 2 heterocycles. The third-order valence-electron chi connectivity index (χ3n) is 4.38. The maximum atomic E-state index is 12.4. The number of carbonyl (C=O) groups excluding carboxylic acids is 2. The minimum atomic E-state index is 0.0436. The molecule has 2 fully saturated rings. The summed E-state index contributed by atoms with van der Waals surface area (Å²) in [5, 5.41) is 3.23. The molecule has 2 aliphatic heterocycles. The van der Waals surface area contributed by atoms with E-state index in [2.05, 4.69) is 21.2 Å². The largest absolute Gasteiger partial charge is 0.339 e. The average molecular weight is 366 g/mol. The maximum absolute atomic E-state index is 12.4. The summed E-state index contributed by atoms with van der Waals surface area (Å²) in [6.45, 7) is 4.21.